The zero-order valence-electron chi connectivity index (χ0n) is 14.2. The molecule has 4 fully saturated rings. The molecule has 0 saturated heterocycles. The Morgan fingerprint density at radius 1 is 1.08 bits per heavy atom. The highest BCUT2D eigenvalue weighted by Crippen LogP contribution is 2.56. The molecule has 4 bridgehead atoms. The van der Waals surface area contributed by atoms with Gasteiger partial charge in [0.05, 0.1) is 6.04 Å². The van der Waals surface area contributed by atoms with E-state index in [2.05, 4.69) is 17.4 Å². The van der Waals surface area contributed by atoms with Gasteiger partial charge in [0.25, 0.3) is 0 Å². The van der Waals surface area contributed by atoms with Crippen LogP contribution in [0.3, 0.4) is 0 Å². The van der Waals surface area contributed by atoms with Crippen LogP contribution in [0.1, 0.15) is 50.8 Å². The molecule has 4 aliphatic rings. The van der Waals surface area contributed by atoms with Crippen LogP contribution in [0.4, 0.5) is 0 Å². The van der Waals surface area contributed by atoms with Crippen molar-refractivity contribution < 1.29 is 9.21 Å². The van der Waals surface area contributed by atoms with E-state index < -0.39 is 0 Å². The summed E-state index contributed by atoms with van der Waals surface area (Å²) < 4.78 is 5.92. The van der Waals surface area contributed by atoms with Gasteiger partial charge in [-0.1, -0.05) is 18.2 Å². The second-order valence-electron chi connectivity index (χ2n) is 8.37. The van der Waals surface area contributed by atoms with E-state index in [1.165, 1.54) is 32.1 Å². The number of carbonyl (C=O) groups is 1. The Kier molecular flexibility index (Phi) is 3.26. The summed E-state index contributed by atoms with van der Waals surface area (Å²) in [5, 5.41) is 4.35. The minimum atomic E-state index is -0.0675. The summed E-state index contributed by atoms with van der Waals surface area (Å²) in [4.78, 5) is 13.0. The van der Waals surface area contributed by atoms with Crippen LogP contribution >= 0.6 is 0 Å². The minimum Gasteiger partial charge on any atom is -0.459 e. The lowest BCUT2D eigenvalue weighted by Gasteiger charge is -2.53. The summed E-state index contributed by atoms with van der Waals surface area (Å²) in [7, 11) is 0. The Morgan fingerprint density at radius 2 is 1.75 bits per heavy atom. The Balaban J connectivity index is 1.33. The van der Waals surface area contributed by atoms with Gasteiger partial charge in [-0.3, -0.25) is 4.79 Å². The summed E-state index contributed by atoms with van der Waals surface area (Å²) >= 11 is 0. The number of carbonyl (C=O) groups excluding carboxylic acids is 1. The van der Waals surface area contributed by atoms with Gasteiger partial charge in [-0.2, -0.15) is 0 Å². The molecule has 1 aromatic heterocycles. The summed E-state index contributed by atoms with van der Waals surface area (Å²) in [5.41, 5.74) is 0.892. The first-order chi connectivity index (χ1) is 11.7. The molecule has 3 heteroatoms. The Hall–Kier alpha value is -1.77. The molecule has 4 aliphatic carbocycles. The summed E-state index contributed by atoms with van der Waals surface area (Å²) in [6.45, 7) is 2.03. The molecule has 0 radical (unpaired) electrons. The maximum Gasteiger partial charge on any atom is 0.224 e. The largest absolute Gasteiger partial charge is 0.459 e. The lowest BCUT2D eigenvalue weighted by Crippen LogP contribution is -2.51. The van der Waals surface area contributed by atoms with E-state index in [4.69, 9.17) is 4.42 Å². The van der Waals surface area contributed by atoms with E-state index in [0.717, 1.165) is 28.6 Å². The van der Waals surface area contributed by atoms with Gasteiger partial charge < -0.3 is 9.73 Å². The fourth-order valence-corrected chi connectivity index (χ4v) is 5.95. The second kappa shape index (κ2) is 5.37. The van der Waals surface area contributed by atoms with E-state index in [0.29, 0.717) is 11.8 Å². The minimum absolute atomic E-state index is 0.0675. The van der Waals surface area contributed by atoms with Crippen molar-refractivity contribution in [3.63, 3.8) is 0 Å². The number of amides is 1. The van der Waals surface area contributed by atoms with Gasteiger partial charge >= 0.3 is 0 Å². The molecule has 1 atom stereocenters. The molecule has 3 nitrogen and oxygen atoms in total. The summed E-state index contributed by atoms with van der Waals surface area (Å²) in [6.07, 6.45) is 6.55. The van der Waals surface area contributed by atoms with Crippen LogP contribution in [0, 0.1) is 29.6 Å². The van der Waals surface area contributed by atoms with E-state index in [1.54, 1.807) is 0 Å². The topological polar surface area (TPSA) is 42.2 Å². The van der Waals surface area contributed by atoms with Crippen LogP contribution in [0.2, 0.25) is 0 Å². The number of hydrogen-bond acceptors (Lipinski definition) is 2. The molecule has 0 aliphatic heterocycles. The molecule has 4 saturated carbocycles. The van der Waals surface area contributed by atoms with E-state index >= 15 is 0 Å². The van der Waals surface area contributed by atoms with Gasteiger partial charge in [-0.15, -0.1) is 0 Å². The van der Waals surface area contributed by atoms with Gasteiger partial charge in [0.15, 0.2) is 0 Å². The molecule has 2 aromatic rings. The number of rotatable bonds is 3. The molecular formula is C21H25NO2. The Bertz CT molecular complexity index is 716. The summed E-state index contributed by atoms with van der Waals surface area (Å²) in [6, 6.07) is 10.0. The molecule has 0 spiro atoms. The fraction of sp³-hybridized carbons (Fsp3) is 0.571. The number of fused-ring (bicyclic) bond motifs is 1. The first-order valence-corrected chi connectivity index (χ1v) is 9.46. The van der Waals surface area contributed by atoms with E-state index in [9.17, 15) is 4.79 Å². The van der Waals surface area contributed by atoms with Crippen molar-refractivity contribution >= 4 is 16.9 Å². The third-order valence-electron chi connectivity index (χ3n) is 6.76. The van der Waals surface area contributed by atoms with Crippen LogP contribution < -0.4 is 5.32 Å². The molecule has 1 aromatic carbocycles. The molecule has 1 unspecified atom stereocenters. The average Bonchev–Trinajstić information content (AvgIpc) is 2.98. The van der Waals surface area contributed by atoms with Crippen molar-refractivity contribution in [3.8, 4) is 0 Å². The van der Waals surface area contributed by atoms with Gasteiger partial charge in [-0.25, -0.2) is 0 Å². The molecule has 1 N–H and O–H groups in total. The van der Waals surface area contributed by atoms with Crippen molar-refractivity contribution in [1.29, 1.82) is 0 Å². The lowest BCUT2D eigenvalue weighted by molar-refractivity contribution is -0.138. The fourth-order valence-electron chi connectivity index (χ4n) is 5.95. The number of furan rings is 1. The average molecular weight is 323 g/mol. The SMILES string of the molecule is CC(NC(=O)C1C2CC3CC(C2)CC1C3)c1cc2ccccc2o1. The van der Waals surface area contributed by atoms with Gasteiger partial charge in [0.1, 0.15) is 11.3 Å². The third kappa shape index (κ3) is 2.28. The van der Waals surface area contributed by atoms with Crippen molar-refractivity contribution in [1.82, 2.24) is 5.32 Å². The van der Waals surface area contributed by atoms with Crippen molar-refractivity contribution in [2.24, 2.45) is 29.6 Å². The standard InChI is InChI=1S/C21H25NO2/c1-12(19-11-15-4-2-3-5-18(15)24-19)22-21(23)20-16-7-13-6-14(9-16)10-17(20)8-13/h2-5,11-14,16-17,20H,6-10H2,1H3,(H,22,23). The van der Waals surface area contributed by atoms with Crippen LogP contribution in [0.25, 0.3) is 11.0 Å². The second-order valence-corrected chi connectivity index (χ2v) is 8.37. The third-order valence-corrected chi connectivity index (χ3v) is 6.76. The highest BCUT2D eigenvalue weighted by molar-refractivity contribution is 5.81. The zero-order valence-corrected chi connectivity index (χ0v) is 14.2. The molecule has 6 rings (SSSR count). The molecule has 1 heterocycles. The number of nitrogens with one attached hydrogen (secondary N) is 1. The molecule has 1 amide bonds. The van der Waals surface area contributed by atoms with Crippen molar-refractivity contribution in [3.05, 3.63) is 36.1 Å². The van der Waals surface area contributed by atoms with Crippen molar-refractivity contribution in [2.45, 2.75) is 45.1 Å². The predicted octanol–water partition coefficient (Wildman–Crippen LogP) is 4.68. The van der Waals surface area contributed by atoms with Crippen LogP contribution in [0.5, 0.6) is 0 Å². The maximum atomic E-state index is 13.0. The molecule has 24 heavy (non-hydrogen) atoms. The van der Waals surface area contributed by atoms with Crippen LogP contribution in [0.15, 0.2) is 34.7 Å². The zero-order chi connectivity index (χ0) is 16.3. The highest BCUT2D eigenvalue weighted by atomic mass is 16.3. The lowest BCUT2D eigenvalue weighted by atomic mass is 9.51. The first-order valence-electron chi connectivity index (χ1n) is 9.46. The quantitative estimate of drug-likeness (QED) is 0.891. The van der Waals surface area contributed by atoms with Gasteiger partial charge in [0.2, 0.25) is 5.91 Å². The first kappa shape index (κ1) is 14.6. The van der Waals surface area contributed by atoms with Gasteiger partial charge in [0, 0.05) is 11.3 Å². The normalized spacial score (nSPS) is 35.3. The van der Waals surface area contributed by atoms with E-state index in [-0.39, 0.29) is 17.9 Å². The Labute approximate surface area is 142 Å². The van der Waals surface area contributed by atoms with Crippen LogP contribution in [-0.2, 0) is 4.79 Å². The monoisotopic (exact) mass is 323 g/mol. The highest BCUT2D eigenvalue weighted by Gasteiger charge is 2.50. The Morgan fingerprint density at radius 3 is 2.42 bits per heavy atom. The smallest absolute Gasteiger partial charge is 0.224 e. The number of benzene rings is 1. The maximum absolute atomic E-state index is 13.0. The molecule has 126 valence electrons. The predicted molar refractivity (Wildman–Crippen MR) is 93.3 cm³/mol. The number of hydrogen-bond donors (Lipinski definition) is 1. The van der Waals surface area contributed by atoms with Crippen LogP contribution in [-0.4, -0.2) is 5.91 Å². The van der Waals surface area contributed by atoms with E-state index in [1.807, 2.05) is 25.1 Å². The molecular weight excluding hydrogens is 298 g/mol. The number of para-hydroxylation sites is 1. The van der Waals surface area contributed by atoms with Crippen molar-refractivity contribution in [2.75, 3.05) is 0 Å². The van der Waals surface area contributed by atoms with Gasteiger partial charge in [-0.05, 0) is 74.8 Å². The summed E-state index contributed by atoms with van der Waals surface area (Å²) in [5.74, 6) is 4.43.